The molecule has 0 bridgehead atoms. The minimum absolute atomic E-state index is 0.0768. The van der Waals surface area contributed by atoms with Gasteiger partial charge in [-0.05, 0) is 31.7 Å². The Kier molecular flexibility index (Phi) is 4.55. The third-order valence-corrected chi connectivity index (χ3v) is 4.01. The normalized spacial score (nSPS) is 37.7. The largest absolute Gasteiger partial charge is 0.392 e. The average molecular weight is 257 g/mol. The second-order valence-electron chi connectivity index (χ2n) is 5.43. The molecule has 4 unspecified atom stereocenters. The molecule has 0 spiro atoms. The van der Waals surface area contributed by atoms with Crippen molar-refractivity contribution in [1.82, 2.24) is 10.3 Å². The van der Waals surface area contributed by atoms with Gasteiger partial charge in [-0.2, -0.15) is 0 Å². The maximum absolute atomic E-state index is 11.3. The summed E-state index contributed by atoms with van der Waals surface area (Å²) in [6, 6.07) is 0. The van der Waals surface area contributed by atoms with Crippen LogP contribution >= 0.6 is 0 Å². The minimum atomic E-state index is -0.409. The van der Waals surface area contributed by atoms with E-state index in [0.29, 0.717) is 12.5 Å². The summed E-state index contributed by atoms with van der Waals surface area (Å²) in [4.78, 5) is 13.6. The van der Waals surface area contributed by atoms with Crippen molar-refractivity contribution in [3.63, 3.8) is 0 Å². The summed E-state index contributed by atoms with van der Waals surface area (Å²) in [5.74, 6) is 5.22. The van der Waals surface area contributed by atoms with Gasteiger partial charge in [0, 0.05) is 13.1 Å². The Balaban J connectivity index is 1.76. The predicted molar refractivity (Wildman–Crippen MR) is 66.5 cm³/mol. The summed E-state index contributed by atoms with van der Waals surface area (Å²) in [5, 5.41) is 9.84. The zero-order valence-corrected chi connectivity index (χ0v) is 10.8. The first-order valence-corrected chi connectivity index (χ1v) is 6.66. The minimum Gasteiger partial charge on any atom is -0.392 e. The average Bonchev–Trinajstić information content (AvgIpc) is 2.81. The second-order valence-corrected chi connectivity index (χ2v) is 5.43. The first-order valence-electron chi connectivity index (χ1n) is 6.66. The van der Waals surface area contributed by atoms with E-state index in [9.17, 15) is 9.90 Å². The van der Waals surface area contributed by atoms with Gasteiger partial charge in [0.05, 0.1) is 12.2 Å². The lowest BCUT2D eigenvalue weighted by Crippen LogP contribution is -2.46. The Morgan fingerprint density at radius 3 is 2.94 bits per heavy atom. The third kappa shape index (κ3) is 3.20. The van der Waals surface area contributed by atoms with Crippen LogP contribution in [0, 0.1) is 5.92 Å². The quantitative estimate of drug-likeness (QED) is 0.351. The number of hydrazine groups is 1. The van der Waals surface area contributed by atoms with Crippen molar-refractivity contribution in [2.24, 2.45) is 11.8 Å². The standard InChI is InChI=1S/C12H23N3O3/c1-8-4-5-15(7-10(8)16)6-9-2-3-11(18-9)12(17)14-13/h8-11,16H,2-7,13H2,1H3,(H,14,17). The first kappa shape index (κ1) is 13.7. The van der Waals surface area contributed by atoms with Crippen LogP contribution < -0.4 is 11.3 Å². The lowest BCUT2D eigenvalue weighted by atomic mass is 9.96. The summed E-state index contributed by atoms with van der Waals surface area (Å²) >= 11 is 0. The Hall–Kier alpha value is -0.690. The number of likely N-dealkylation sites (tertiary alicyclic amines) is 1. The van der Waals surface area contributed by atoms with Crippen LogP contribution in [-0.4, -0.2) is 53.9 Å². The van der Waals surface area contributed by atoms with Crippen molar-refractivity contribution in [2.45, 2.75) is 44.5 Å². The number of rotatable bonds is 3. The van der Waals surface area contributed by atoms with Crippen LogP contribution in [-0.2, 0) is 9.53 Å². The topological polar surface area (TPSA) is 87.8 Å². The number of nitrogens with zero attached hydrogens (tertiary/aromatic N) is 1. The molecule has 0 saturated carbocycles. The molecule has 18 heavy (non-hydrogen) atoms. The van der Waals surface area contributed by atoms with Gasteiger partial charge in [0.15, 0.2) is 0 Å². The molecule has 104 valence electrons. The Bertz CT molecular complexity index is 300. The summed E-state index contributed by atoms with van der Waals surface area (Å²) < 4.78 is 5.66. The number of hydrogen-bond donors (Lipinski definition) is 3. The highest BCUT2D eigenvalue weighted by Gasteiger charge is 2.33. The predicted octanol–water partition coefficient (Wildman–Crippen LogP) is -0.773. The molecule has 2 saturated heterocycles. The Labute approximate surface area is 107 Å². The molecule has 4 N–H and O–H groups in total. The van der Waals surface area contributed by atoms with Crippen LogP contribution in [0.5, 0.6) is 0 Å². The van der Waals surface area contributed by atoms with E-state index in [1.165, 1.54) is 0 Å². The fourth-order valence-corrected chi connectivity index (χ4v) is 2.69. The van der Waals surface area contributed by atoms with Crippen molar-refractivity contribution in [3.05, 3.63) is 0 Å². The van der Waals surface area contributed by atoms with Crippen molar-refractivity contribution in [2.75, 3.05) is 19.6 Å². The second kappa shape index (κ2) is 5.97. The van der Waals surface area contributed by atoms with Crippen LogP contribution in [0.3, 0.4) is 0 Å². The Morgan fingerprint density at radius 2 is 2.28 bits per heavy atom. The first-order chi connectivity index (χ1) is 8.60. The molecule has 0 aromatic rings. The molecule has 1 amide bonds. The van der Waals surface area contributed by atoms with Crippen LogP contribution in [0.2, 0.25) is 0 Å². The molecule has 0 aromatic carbocycles. The molecule has 4 atom stereocenters. The molecule has 6 nitrogen and oxygen atoms in total. The fourth-order valence-electron chi connectivity index (χ4n) is 2.69. The van der Waals surface area contributed by atoms with E-state index in [1.54, 1.807) is 0 Å². The van der Waals surface area contributed by atoms with Gasteiger partial charge in [-0.1, -0.05) is 6.92 Å². The SMILES string of the molecule is CC1CCN(CC2CCC(C(=O)NN)O2)CC1O. The molecule has 2 rings (SSSR count). The number of nitrogens with two attached hydrogens (primary N) is 1. The van der Waals surface area contributed by atoms with Gasteiger partial charge >= 0.3 is 0 Å². The molecule has 6 heteroatoms. The van der Waals surface area contributed by atoms with Crippen molar-refractivity contribution < 1.29 is 14.6 Å². The van der Waals surface area contributed by atoms with E-state index < -0.39 is 6.10 Å². The molecule has 2 heterocycles. The van der Waals surface area contributed by atoms with E-state index in [2.05, 4.69) is 17.2 Å². The number of piperidine rings is 1. The van der Waals surface area contributed by atoms with Crippen LogP contribution in [0.4, 0.5) is 0 Å². The third-order valence-electron chi connectivity index (χ3n) is 4.01. The van der Waals surface area contributed by atoms with Crippen LogP contribution in [0.15, 0.2) is 0 Å². The van der Waals surface area contributed by atoms with Crippen LogP contribution in [0.1, 0.15) is 26.2 Å². The van der Waals surface area contributed by atoms with Crippen molar-refractivity contribution in [3.8, 4) is 0 Å². The highest BCUT2D eigenvalue weighted by molar-refractivity contribution is 5.80. The van der Waals surface area contributed by atoms with E-state index in [1.807, 2.05) is 0 Å². The summed E-state index contributed by atoms with van der Waals surface area (Å²) in [5.41, 5.74) is 2.13. The number of β-amino-alcohol motifs (C(OH)–C–C–N with tert-alkyl or cyclic N) is 1. The maximum Gasteiger partial charge on any atom is 0.263 e. The number of aliphatic hydroxyl groups excluding tert-OH is 1. The van der Waals surface area contributed by atoms with Gasteiger partial charge in [0.1, 0.15) is 6.10 Å². The summed E-state index contributed by atoms with van der Waals surface area (Å²) in [7, 11) is 0. The zero-order chi connectivity index (χ0) is 13.1. The van der Waals surface area contributed by atoms with Gasteiger partial charge in [0.2, 0.25) is 0 Å². The monoisotopic (exact) mass is 257 g/mol. The summed E-state index contributed by atoms with van der Waals surface area (Å²) in [6.07, 6.45) is 2.03. The number of aliphatic hydroxyl groups is 1. The maximum atomic E-state index is 11.3. The molecule has 0 aromatic heterocycles. The van der Waals surface area contributed by atoms with Gasteiger partial charge in [-0.15, -0.1) is 0 Å². The zero-order valence-electron chi connectivity index (χ0n) is 10.8. The number of amides is 1. The molecule has 2 fully saturated rings. The highest BCUT2D eigenvalue weighted by Crippen LogP contribution is 2.23. The number of ether oxygens (including phenoxy) is 1. The van der Waals surface area contributed by atoms with E-state index >= 15 is 0 Å². The van der Waals surface area contributed by atoms with Gasteiger partial charge in [-0.25, -0.2) is 5.84 Å². The van der Waals surface area contributed by atoms with Crippen molar-refractivity contribution in [1.29, 1.82) is 0 Å². The van der Waals surface area contributed by atoms with E-state index in [4.69, 9.17) is 10.6 Å². The number of carbonyl (C=O) groups is 1. The van der Waals surface area contributed by atoms with E-state index in [0.717, 1.165) is 32.4 Å². The number of nitrogens with one attached hydrogen (secondary N) is 1. The molecule has 2 aliphatic heterocycles. The molecule has 2 aliphatic rings. The fraction of sp³-hybridized carbons (Fsp3) is 0.917. The smallest absolute Gasteiger partial charge is 0.263 e. The molecular formula is C12H23N3O3. The van der Waals surface area contributed by atoms with Gasteiger partial charge < -0.3 is 9.84 Å². The molecular weight excluding hydrogens is 234 g/mol. The number of carbonyl (C=O) groups excluding carboxylic acids is 1. The highest BCUT2D eigenvalue weighted by atomic mass is 16.5. The van der Waals surface area contributed by atoms with E-state index in [-0.39, 0.29) is 18.1 Å². The lowest BCUT2D eigenvalue weighted by molar-refractivity contribution is -0.132. The molecule has 0 radical (unpaired) electrons. The van der Waals surface area contributed by atoms with Crippen molar-refractivity contribution >= 4 is 5.91 Å². The lowest BCUT2D eigenvalue weighted by Gasteiger charge is -2.35. The van der Waals surface area contributed by atoms with Gasteiger partial charge in [0.25, 0.3) is 5.91 Å². The van der Waals surface area contributed by atoms with Gasteiger partial charge in [-0.3, -0.25) is 15.1 Å². The Morgan fingerprint density at radius 1 is 1.50 bits per heavy atom. The number of hydrogen-bond acceptors (Lipinski definition) is 5. The molecule has 0 aliphatic carbocycles. The van der Waals surface area contributed by atoms with Crippen LogP contribution in [0.25, 0.3) is 0 Å². The summed E-state index contributed by atoms with van der Waals surface area (Å²) in [6.45, 7) is 4.56.